The average molecular weight is 488 g/mol. The lowest BCUT2D eigenvalue weighted by atomic mass is 10.1. The molecule has 1 aliphatic heterocycles. The van der Waals surface area contributed by atoms with Crippen LogP contribution < -0.4 is 10.2 Å². The van der Waals surface area contributed by atoms with Gasteiger partial charge in [-0.1, -0.05) is 70.9 Å². The maximum atomic E-state index is 13.5. The molecular formula is C27H22ClN3O2S. The van der Waals surface area contributed by atoms with Crippen LogP contribution in [0.15, 0.2) is 83.4 Å². The van der Waals surface area contributed by atoms with Crippen molar-refractivity contribution in [2.75, 3.05) is 10.2 Å². The normalized spacial score (nSPS) is 16.8. The van der Waals surface area contributed by atoms with Crippen LogP contribution in [0.3, 0.4) is 0 Å². The standard InChI is InChI=1S/C27H22ClN3O2S/c1-17-6-12-22(13-7-17)31-26(33)24(15-19-5-3-4-18(2)14-19)34-27(31)23(16-29)25(32)30-21-10-8-20(28)9-11-21/h3-14,24H,15H2,1-2H3,(H,30,32)/b27-23-/t24-/m1/s1. The van der Waals surface area contributed by atoms with Crippen molar-refractivity contribution in [2.24, 2.45) is 0 Å². The Kier molecular flexibility index (Phi) is 7.06. The molecular weight excluding hydrogens is 466 g/mol. The van der Waals surface area contributed by atoms with E-state index in [4.69, 9.17) is 11.6 Å². The van der Waals surface area contributed by atoms with Gasteiger partial charge in [0, 0.05) is 16.4 Å². The first kappa shape index (κ1) is 23.6. The second-order valence-corrected chi connectivity index (χ2v) is 9.69. The van der Waals surface area contributed by atoms with Crippen LogP contribution >= 0.6 is 23.4 Å². The molecule has 1 saturated heterocycles. The third-order valence-electron chi connectivity index (χ3n) is 5.40. The van der Waals surface area contributed by atoms with Crippen LogP contribution in [-0.2, 0) is 16.0 Å². The van der Waals surface area contributed by atoms with E-state index in [-0.39, 0.29) is 11.5 Å². The van der Waals surface area contributed by atoms with Gasteiger partial charge in [0.25, 0.3) is 5.91 Å². The van der Waals surface area contributed by atoms with Gasteiger partial charge in [-0.2, -0.15) is 5.26 Å². The molecule has 0 radical (unpaired) electrons. The highest BCUT2D eigenvalue weighted by Gasteiger charge is 2.40. The van der Waals surface area contributed by atoms with Crippen molar-refractivity contribution in [3.8, 4) is 6.07 Å². The zero-order chi connectivity index (χ0) is 24.2. The summed E-state index contributed by atoms with van der Waals surface area (Å²) in [6.07, 6.45) is 0.495. The average Bonchev–Trinajstić information content (AvgIpc) is 3.12. The smallest absolute Gasteiger partial charge is 0.269 e. The zero-order valence-corrected chi connectivity index (χ0v) is 20.3. The SMILES string of the molecule is Cc1ccc(N2C(=O)[C@@H](Cc3cccc(C)c3)S/C2=C(/C#N)C(=O)Nc2ccc(Cl)cc2)cc1. The molecule has 34 heavy (non-hydrogen) atoms. The van der Waals surface area contributed by atoms with E-state index in [0.29, 0.717) is 27.8 Å². The molecule has 0 saturated carbocycles. The number of carbonyl (C=O) groups is 2. The first-order valence-electron chi connectivity index (χ1n) is 10.7. The van der Waals surface area contributed by atoms with Gasteiger partial charge in [-0.3, -0.25) is 14.5 Å². The molecule has 2 amide bonds. The van der Waals surface area contributed by atoms with Crippen LogP contribution in [-0.4, -0.2) is 17.1 Å². The van der Waals surface area contributed by atoms with Gasteiger partial charge < -0.3 is 5.32 Å². The molecule has 1 atom stereocenters. The predicted molar refractivity (Wildman–Crippen MR) is 138 cm³/mol. The fourth-order valence-electron chi connectivity index (χ4n) is 3.70. The number of amides is 2. The highest BCUT2D eigenvalue weighted by atomic mass is 35.5. The largest absolute Gasteiger partial charge is 0.321 e. The number of benzene rings is 3. The van der Waals surface area contributed by atoms with Crippen molar-refractivity contribution < 1.29 is 9.59 Å². The summed E-state index contributed by atoms with van der Waals surface area (Å²) >= 11 is 7.18. The molecule has 3 aromatic carbocycles. The molecule has 3 aromatic rings. The predicted octanol–water partition coefficient (Wildman–Crippen LogP) is 6.02. The Hall–Kier alpha value is -3.53. The summed E-state index contributed by atoms with van der Waals surface area (Å²) in [5, 5.41) is 13.1. The lowest BCUT2D eigenvalue weighted by Gasteiger charge is -2.19. The topological polar surface area (TPSA) is 73.2 Å². The highest BCUT2D eigenvalue weighted by molar-refractivity contribution is 8.05. The minimum Gasteiger partial charge on any atom is -0.321 e. The number of halogens is 1. The van der Waals surface area contributed by atoms with E-state index in [1.165, 1.54) is 16.7 Å². The van der Waals surface area contributed by atoms with Crippen molar-refractivity contribution in [1.29, 1.82) is 5.26 Å². The van der Waals surface area contributed by atoms with E-state index < -0.39 is 11.2 Å². The summed E-state index contributed by atoms with van der Waals surface area (Å²) in [6, 6.07) is 24.1. The van der Waals surface area contributed by atoms with Crippen molar-refractivity contribution in [1.82, 2.24) is 0 Å². The van der Waals surface area contributed by atoms with E-state index in [0.717, 1.165) is 16.7 Å². The summed E-state index contributed by atoms with van der Waals surface area (Å²) in [6.45, 7) is 3.97. The van der Waals surface area contributed by atoms with E-state index in [9.17, 15) is 14.9 Å². The Morgan fingerprint density at radius 2 is 1.76 bits per heavy atom. The number of nitriles is 1. The van der Waals surface area contributed by atoms with Crippen LogP contribution in [0.25, 0.3) is 0 Å². The Labute approximate surface area is 208 Å². The van der Waals surface area contributed by atoms with E-state index >= 15 is 0 Å². The molecule has 0 aromatic heterocycles. The number of carbonyl (C=O) groups excluding carboxylic acids is 2. The fraction of sp³-hybridized carbons (Fsp3) is 0.148. The number of nitrogens with one attached hydrogen (secondary N) is 1. The number of hydrogen-bond donors (Lipinski definition) is 1. The maximum absolute atomic E-state index is 13.5. The van der Waals surface area contributed by atoms with Crippen LogP contribution in [0.5, 0.6) is 0 Å². The third-order valence-corrected chi connectivity index (χ3v) is 6.92. The molecule has 1 N–H and O–H groups in total. The van der Waals surface area contributed by atoms with Gasteiger partial charge in [0.1, 0.15) is 16.7 Å². The van der Waals surface area contributed by atoms with Crippen molar-refractivity contribution in [2.45, 2.75) is 25.5 Å². The molecule has 4 rings (SSSR count). The van der Waals surface area contributed by atoms with E-state index in [2.05, 4.69) is 5.32 Å². The number of hydrogen-bond acceptors (Lipinski definition) is 4. The van der Waals surface area contributed by atoms with E-state index in [1.807, 2.05) is 68.4 Å². The number of anilines is 2. The van der Waals surface area contributed by atoms with Gasteiger partial charge in [-0.15, -0.1) is 0 Å². The quantitative estimate of drug-likeness (QED) is 0.352. The first-order valence-corrected chi connectivity index (χ1v) is 12.0. The number of rotatable bonds is 5. The fourth-order valence-corrected chi connectivity index (χ4v) is 5.13. The molecule has 0 bridgehead atoms. The molecule has 1 heterocycles. The molecule has 170 valence electrons. The van der Waals surface area contributed by atoms with Gasteiger partial charge in [0.15, 0.2) is 0 Å². The molecule has 1 fully saturated rings. The van der Waals surface area contributed by atoms with Gasteiger partial charge in [-0.25, -0.2) is 0 Å². The van der Waals surface area contributed by atoms with Crippen molar-refractivity contribution >= 4 is 46.6 Å². The maximum Gasteiger partial charge on any atom is 0.269 e. The number of nitrogens with zero attached hydrogens (tertiary/aromatic N) is 2. The Morgan fingerprint density at radius 3 is 2.41 bits per heavy atom. The Morgan fingerprint density at radius 1 is 1.06 bits per heavy atom. The lowest BCUT2D eigenvalue weighted by Crippen LogP contribution is -2.30. The summed E-state index contributed by atoms with van der Waals surface area (Å²) < 4.78 is 0. The van der Waals surface area contributed by atoms with Crippen molar-refractivity contribution in [3.63, 3.8) is 0 Å². The third kappa shape index (κ3) is 5.17. The molecule has 5 nitrogen and oxygen atoms in total. The second-order valence-electron chi connectivity index (χ2n) is 8.06. The van der Waals surface area contributed by atoms with Gasteiger partial charge in [-0.05, 0) is 62.2 Å². The Bertz CT molecular complexity index is 1310. The zero-order valence-electron chi connectivity index (χ0n) is 18.7. The summed E-state index contributed by atoms with van der Waals surface area (Å²) in [5.74, 6) is -0.731. The van der Waals surface area contributed by atoms with Gasteiger partial charge in [0.05, 0.1) is 5.25 Å². The van der Waals surface area contributed by atoms with Gasteiger partial charge in [0.2, 0.25) is 5.91 Å². The van der Waals surface area contributed by atoms with Crippen LogP contribution in [0.1, 0.15) is 16.7 Å². The Balaban J connectivity index is 1.72. The monoisotopic (exact) mass is 487 g/mol. The first-order chi connectivity index (χ1) is 16.4. The number of thioether (sulfide) groups is 1. The van der Waals surface area contributed by atoms with Crippen LogP contribution in [0.4, 0.5) is 11.4 Å². The highest BCUT2D eigenvalue weighted by Crippen LogP contribution is 2.42. The van der Waals surface area contributed by atoms with Crippen LogP contribution in [0, 0.1) is 25.2 Å². The molecule has 0 spiro atoms. The number of aryl methyl sites for hydroxylation is 2. The summed E-state index contributed by atoms with van der Waals surface area (Å²) in [7, 11) is 0. The summed E-state index contributed by atoms with van der Waals surface area (Å²) in [4.78, 5) is 28.1. The van der Waals surface area contributed by atoms with Crippen LogP contribution in [0.2, 0.25) is 5.02 Å². The lowest BCUT2D eigenvalue weighted by molar-refractivity contribution is -0.117. The second kappa shape index (κ2) is 10.2. The van der Waals surface area contributed by atoms with E-state index in [1.54, 1.807) is 24.3 Å². The minimum atomic E-state index is -0.576. The van der Waals surface area contributed by atoms with Gasteiger partial charge >= 0.3 is 0 Å². The van der Waals surface area contributed by atoms with Crippen molar-refractivity contribution in [3.05, 3.63) is 105 Å². The molecule has 7 heteroatoms. The molecule has 0 unspecified atom stereocenters. The minimum absolute atomic E-state index is 0.111. The summed E-state index contributed by atoms with van der Waals surface area (Å²) in [5.41, 5.74) is 4.21. The molecule has 1 aliphatic rings. The molecule has 0 aliphatic carbocycles.